The number of piperidine rings is 1. The SMILES string of the molecule is O=C(O)c1occc1CN1CCCC(n2ccc(C(F)(F)F)n2)C1. The lowest BCUT2D eigenvalue weighted by Crippen LogP contribution is -2.36. The maximum Gasteiger partial charge on any atom is 0.435 e. The van der Waals surface area contributed by atoms with Crippen molar-refractivity contribution < 1.29 is 27.5 Å². The summed E-state index contributed by atoms with van der Waals surface area (Å²) in [7, 11) is 0. The number of furan rings is 1. The minimum absolute atomic E-state index is 0.101. The molecule has 130 valence electrons. The number of carboxylic acids is 1. The predicted molar refractivity (Wildman–Crippen MR) is 76.4 cm³/mol. The number of hydrogen-bond acceptors (Lipinski definition) is 4. The number of alkyl halides is 3. The van der Waals surface area contributed by atoms with Gasteiger partial charge in [-0.3, -0.25) is 9.58 Å². The first-order valence-electron chi connectivity index (χ1n) is 7.49. The minimum Gasteiger partial charge on any atom is -0.475 e. The molecule has 0 aliphatic carbocycles. The molecule has 0 amide bonds. The summed E-state index contributed by atoms with van der Waals surface area (Å²) in [6, 6.07) is 2.40. The normalized spacial score (nSPS) is 19.5. The summed E-state index contributed by atoms with van der Waals surface area (Å²) < 4.78 is 44.3. The van der Waals surface area contributed by atoms with Crippen molar-refractivity contribution in [2.75, 3.05) is 13.1 Å². The summed E-state index contributed by atoms with van der Waals surface area (Å²) in [5.74, 6) is -1.24. The van der Waals surface area contributed by atoms with E-state index in [-0.39, 0.29) is 11.8 Å². The van der Waals surface area contributed by atoms with Crippen LogP contribution >= 0.6 is 0 Å². The van der Waals surface area contributed by atoms with Gasteiger partial charge in [-0.15, -0.1) is 0 Å². The van der Waals surface area contributed by atoms with Crippen molar-refractivity contribution in [3.05, 3.63) is 41.6 Å². The van der Waals surface area contributed by atoms with Gasteiger partial charge in [0, 0.05) is 24.8 Å². The highest BCUT2D eigenvalue weighted by Crippen LogP contribution is 2.29. The van der Waals surface area contributed by atoms with Crippen LogP contribution in [0.15, 0.2) is 29.0 Å². The summed E-state index contributed by atoms with van der Waals surface area (Å²) >= 11 is 0. The van der Waals surface area contributed by atoms with E-state index in [4.69, 9.17) is 9.52 Å². The van der Waals surface area contributed by atoms with Gasteiger partial charge in [-0.1, -0.05) is 0 Å². The van der Waals surface area contributed by atoms with Crippen molar-refractivity contribution in [2.45, 2.75) is 31.6 Å². The van der Waals surface area contributed by atoms with E-state index in [1.807, 2.05) is 4.90 Å². The molecule has 24 heavy (non-hydrogen) atoms. The van der Waals surface area contributed by atoms with Crippen LogP contribution in [0.1, 0.15) is 40.7 Å². The maximum atomic E-state index is 12.7. The zero-order valence-corrected chi connectivity index (χ0v) is 12.7. The number of carbonyl (C=O) groups is 1. The van der Waals surface area contributed by atoms with Crippen LogP contribution in [0.5, 0.6) is 0 Å². The molecule has 1 aliphatic heterocycles. The number of hydrogen-bond donors (Lipinski definition) is 1. The summed E-state index contributed by atoms with van der Waals surface area (Å²) in [6.45, 7) is 1.62. The molecule has 1 aliphatic rings. The van der Waals surface area contributed by atoms with Gasteiger partial charge in [-0.2, -0.15) is 18.3 Å². The third-order valence-corrected chi connectivity index (χ3v) is 4.09. The van der Waals surface area contributed by atoms with Crippen LogP contribution in [0.25, 0.3) is 0 Å². The van der Waals surface area contributed by atoms with Crippen LogP contribution in [-0.2, 0) is 12.7 Å². The van der Waals surface area contributed by atoms with Gasteiger partial charge in [0.25, 0.3) is 0 Å². The first-order valence-corrected chi connectivity index (χ1v) is 7.49. The highest BCUT2D eigenvalue weighted by atomic mass is 19.4. The first-order chi connectivity index (χ1) is 11.3. The van der Waals surface area contributed by atoms with E-state index in [9.17, 15) is 18.0 Å². The summed E-state index contributed by atoms with van der Waals surface area (Å²) in [5, 5.41) is 12.7. The Labute approximate surface area is 135 Å². The molecule has 1 saturated heterocycles. The Morgan fingerprint density at radius 3 is 2.88 bits per heavy atom. The Morgan fingerprint density at radius 1 is 1.42 bits per heavy atom. The van der Waals surface area contributed by atoms with Crippen LogP contribution in [0.4, 0.5) is 13.2 Å². The molecule has 0 saturated carbocycles. The molecule has 6 nitrogen and oxygen atoms in total. The Kier molecular flexibility index (Phi) is 4.35. The van der Waals surface area contributed by atoms with Gasteiger partial charge in [0.1, 0.15) is 0 Å². The smallest absolute Gasteiger partial charge is 0.435 e. The average molecular weight is 343 g/mol. The monoisotopic (exact) mass is 343 g/mol. The molecule has 2 aromatic heterocycles. The molecule has 1 atom stereocenters. The van der Waals surface area contributed by atoms with Crippen molar-refractivity contribution in [3.63, 3.8) is 0 Å². The Hall–Kier alpha value is -2.29. The lowest BCUT2D eigenvalue weighted by atomic mass is 10.1. The fraction of sp³-hybridized carbons (Fsp3) is 0.467. The van der Waals surface area contributed by atoms with Crippen LogP contribution in [0.2, 0.25) is 0 Å². The summed E-state index contributed by atoms with van der Waals surface area (Å²) in [4.78, 5) is 13.1. The predicted octanol–water partition coefficient (Wildman–Crippen LogP) is 3.03. The van der Waals surface area contributed by atoms with E-state index in [2.05, 4.69) is 5.10 Å². The van der Waals surface area contributed by atoms with Gasteiger partial charge in [0.05, 0.1) is 12.3 Å². The van der Waals surface area contributed by atoms with Crippen LogP contribution in [0, 0.1) is 0 Å². The number of rotatable bonds is 4. The second-order valence-corrected chi connectivity index (χ2v) is 5.79. The van der Waals surface area contributed by atoms with Crippen molar-refractivity contribution in [1.29, 1.82) is 0 Å². The van der Waals surface area contributed by atoms with E-state index in [1.54, 1.807) is 6.07 Å². The molecule has 3 heterocycles. The molecule has 2 aromatic rings. The fourth-order valence-electron chi connectivity index (χ4n) is 2.97. The number of nitrogens with zero attached hydrogens (tertiary/aromatic N) is 3. The van der Waals surface area contributed by atoms with Gasteiger partial charge in [0.15, 0.2) is 5.69 Å². The van der Waals surface area contributed by atoms with Gasteiger partial charge in [-0.05, 0) is 31.5 Å². The molecule has 0 aromatic carbocycles. The fourth-order valence-corrected chi connectivity index (χ4v) is 2.97. The second-order valence-electron chi connectivity index (χ2n) is 5.79. The zero-order valence-electron chi connectivity index (χ0n) is 12.7. The Balaban J connectivity index is 1.69. The molecular formula is C15H16F3N3O3. The van der Waals surface area contributed by atoms with Crippen LogP contribution < -0.4 is 0 Å². The number of likely N-dealkylation sites (tertiary alicyclic amines) is 1. The highest BCUT2D eigenvalue weighted by Gasteiger charge is 2.34. The molecule has 1 fully saturated rings. The lowest BCUT2D eigenvalue weighted by molar-refractivity contribution is -0.141. The molecule has 3 rings (SSSR count). The largest absolute Gasteiger partial charge is 0.475 e. The van der Waals surface area contributed by atoms with Crippen molar-refractivity contribution in [1.82, 2.24) is 14.7 Å². The minimum atomic E-state index is -4.45. The third-order valence-electron chi connectivity index (χ3n) is 4.09. The van der Waals surface area contributed by atoms with Gasteiger partial charge in [0.2, 0.25) is 5.76 Å². The molecule has 0 bridgehead atoms. The van der Waals surface area contributed by atoms with Crippen molar-refractivity contribution >= 4 is 5.97 Å². The topological polar surface area (TPSA) is 71.5 Å². The summed E-state index contributed by atoms with van der Waals surface area (Å²) in [5.41, 5.74) is -0.345. The number of aromatic carboxylic acids is 1. The number of aromatic nitrogens is 2. The zero-order chi connectivity index (χ0) is 17.3. The molecule has 1 unspecified atom stereocenters. The number of halogens is 3. The van der Waals surface area contributed by atoms with E-state index >= 15 is 0 Å². The molecule has 9 heteroatoms. The van der Waals surface area contributed by atoms with Gasteiger partial charge < -0.3 is 9.52 Å². The summed E-state index contributed by atoms with van der Waals surface area (Å²) in [6.07, 6.45) is -0.258. The first kappa shape index (κ1) is 16.6. The van der Waals surface area contributed by atoms with Gasteiger partial charge in [-0.25, -0.2) is 4.79 Å². The van der Waals surface area contributed by atoms with Crippen LogP contribution in [-0.4, -0.2) is 38.8 Å². The highest BCUT2D eigenvalue weighted by molar-refractivity contribution is 5.86. The van der Waals surface area contributed by atoms with Crippen LogP contribution in [0.3, 0.4) is 0 Å². The maximum absolute atomic E-state index is 12.7. The molecular weight excluding hydrogens is 327 g/mol. The van der Waals surface area contributed by atoms with E-state index < -0.39 is 17.8 Å². The number of carboxylic acid groups (broad SMARTS) is 1. The molecule has 0 radical (unpaired) electrons. The van der Waals surface area contributed by atoms with Crippen molar-refractivity contribution in [3.8, 4) is 0 Å². The van der Waals surface area contributed by atoms with E-state index in [0.29, 0.717) is 18.7 Å². The third kappa shape index (κ3) is 3.45. The standard InChI is InChI=1S/C15H16F3N3O3/c16-15(17,18)12-3-6-21(19-12)11-2-1-5-20(9-11)8-10-4-7-24-13(10)14(22)23/h3-4,6-7,11H,1-2,5,8-9H2,(H,22,23). The van der Waals surface area contributed by atoms with E-state index in [0.717, 1.165) is 25.5 Å². The van der Waals surface area contributed by atoms with Gasteiger partial charge >= 0.3 is 12.1 Å². The Morgan fingerprint density at radius 2 is 2.21 bits per heavy atom. The quantitative estimate of drug-likeness (QED) is 0.924. The van der Waals surface area contributed by atoms with E-state index in [1.165, 1.54) is 17.1 Å². The molecule has 1 N–H and O–H groups in total. The Bertz CT molecular complexity index is 723. The second kappa shape index (κ2) is 6.31. The molecule has 0 spiro atoms. The average Bonchev–Trinajstić information content (AvgIpc) is 3.16. The lowest BCUT2D eigenvalue weighted by Gasteiger charge is -2.32. The van der Waals surface area contributed by atoms with Crippen molar-refractivity contribution in [2.24, 2.45) is 0 Å².